The molecule has 1 aliphatic heterocycles. The van der Waals surface area contributed by atoms with E-state index in [9.17, 15) is 4.79 Å². The highest BCUT2D eigenvalue weighted by Crippen LogP contribution is 2.04. The number of ether oxygens (including phenoxy) is 1. The zero-order valence-corrected chi connectivity index (χ0v) is 7.99. The van der Waals surface area contributed by atoms with Gasteiger partial charge in [-0.3, -0.25) is 9.78 Å². The van der Waals surface area contributed by atoms with Crippen molar-refractivity contribution in [2.75, 3.05) is 13.2 Å². The number of hydrogen-bond acceptors (Lipinski definition) is 4. The predicted octanol–water partition coefficient (Wildman–Crippen LogP) is 0.259. The SMILES string of the molecule is O=C(NC1COC1)c1cncc(Cl)n1. The number of nitrogens with one attached hydrogen (secondary N) is 1. The molecule has 0 saturated carbocycles. The van der Waals surface area contributed by atoms with Crippen molar-refractivity contribution in [3.05, 3.63) is 23.2 Å². The molecule has 1 fully saturated rings. The molecule has 0 radical (unpaired) electrons. The van der Waals surface area contributed by atoms with E-state index in [4.69, 9.17) is 16.3 Å². The quantitative estimate of drug-likeness (QED) is 0.766. The monoisotopic (exact) mass is 213 g/mol. The number of aromatic nitrogens is 2. The number of halogens is 1. The molecule has 5 nitrogen and oxygen atoms in total. The molecule has 1 amide bonds. The van der Waals surface area contributed by atoms with Gasteiger partial charge in [0.25, 0.3) is 5.91 Å². The third kappa shape index (κ3) is 2.00. The van der Waals surface area contributed by atoms with Crippen molar-refractivity contribution in [1.29, 1.82) is 0 Å². The Kier molecular flexibility index (Phi) is 2.60. The van der Waals surface area contributed by atoms with Gasteiger partial charge < -0.3 is 10.1 Å². The van der Waals surface area contributed by atoms with Crippen molar-refractivity contribution in [3.8, 4) is 0 Å². The fraction of sp³-hybridized carbons (Fsp3) is 0.375. The van der Waals surface area contributed by atoms with E-state index in [-0.39, 0.29) is 22.8 Å². The van der Waals surface area contributed by atoms with Crippen molar-refractivity contribution in [2.24, 2.45) is 0 Å². The molecule has 0 aromatic carbocycles. The van der Waals surface area contributed by atoms with Crippen molar-refractivity contribution >= 4 is 17.5 Å². The summed E-state index contributed by atoms with van der Waals surface area (Å²) in [7, 11) is 0. The standard InChI is InChI=1S/C8H8ClN3O2/c9-7-2-10-1-6(12-7)8(13)11-5-3-14-4-5/h1-2,5H,3-4H2,(H,11,13). The topological polar surface area (TPSA) is 64.1 Å². The van der Waals surface area contributed by atoms with Crippen LogP contribution < -0.4 is 5.32 Å². The molecule has 1 aliphatic rings. The molecule has 14 heavy (non-hydrogen) atoms. The average Bonchev–Trinajstić information content (AvgIpc) is 2.11. The third-order valence-electron chi connectivity index (χ3n) is 1.81. The van der Waals surface area contributed by atoms with E-state index in [2.05, 4.69) is 15.3 Å². The van der Waals surface area contributed by atoms with E-state index in [1.54, 1.807) is 0 Å². The second kappa shape index (κ2) is 3.89. The Labute approximate surface area is 85.5 Å². The van der Waals surface area contributed by atoms with Crippen LogP contribution in [0.3, 0.4) is 0 Å². The summed E-state index contributed by atoms with van der Waals surface area (Å²) in [6, 6.07) is 0.0864. The Balaban J connectivity index is 2.02. The van der Waals surface area contributed by atoms with Crippen molar-refractivity contribution in [2.45, 2.75) is 6.04 Å². The number of nitrogens with zero attached hydrogens (tertiary/aromatic N) is 2. The summed E-state index contributed by atoms with van der Waals surface area (Å²) in [5, 5.41) is 2.95. The van der Waals surface area contributed by atoms with Crippen LogP contribution >= 0.6 is 11.6 Å². The molecule has 74 valence electrons. The van der Waals surface area contributed by atoms with Crippen LogP contribution in [0.25, 0.3) is 0 Å². The van der Waals surface area contributed by atoms with Crippen LogP contribution in [0.2, 0.25) is 5.15 Å². The Morgan fingerprint density at radius 1 is 1.57 bits per heavy atom. The average molecular weight is 214 g/mol. The van der Waals surface area contributed by atoms with Crippen LogP contribution in [0.15, 0.2) is 12.4 Å². The van der Waals surface area contributed by atoms with Gasteiger partial charge in [0, 0.05) is 0 Å². The van der Waals surface area contributed by atoms with Gasteiger partial charge in [-0.15, -0.1) is 0 Å². The summed E-state index contributed by atoms with van der Waals surface area (Å²) in [6.45, 7) is 1.11. The highest BCUT2D eigenvalue weighted by Gasteiger charge is 2.21. The lowest BCUT2D eigenvalue weighted by atomic mass is 10.2. The van der Waals surface area contributed by atoms with E-state index in [1.165, 1.54) is 12.4 Å². The number of carbonyl (C=O) groups excluding carboxylic acids is 1. The van der Waals surface area contributed by atoms with Gasteiger partial charge in [0.2, 0.25) is 0 Å². The molecule has 1 aromatic heterocycles. The number of amides is 1. The van der Waals surface area contributed by atoms with Crippen LogP contribution in [0.1, 0.15) is 10.5 Å². The predicted molar refractivity (Wildman–Crippen MR) is 49.1 cm³/mol. The van der Waals surface area contributed by atoms with Crippen LogP contribution in [-0.4, -0.2) is 35.1 Å². The van der Waals surface area contributed by atoms with Crippen LogP contribution in [0.5, 0.6) is 0 Å². The smallest absolute Gasteiger partial charge is 0.271 e. The molecular formula is C8H8ClN3O2. The zero-order chi connectivity index (χ0) is 9.97. The molecule has 0 atom stereocenters. The first-order chi connectivity index (χ1) is 6.75. The van der Waals surface area contributed by atoms with Gasteiger partial charge in [-0.05, 0) is 0 Å². The summed E-state index contributed by atoms with van der Waals surface area (Å²) < 4.78 is 4.92. The van der Waals surface area contributed by atoms with Gasteiger partial charge in [-0.1, -0.05) is 11.6 Å². The highest BCUT2D eigenvalue weighted by atomic mass is 35.5. The zero-order valence-electron chi connectivity index (χ0n) is 7.24. The summed E-state index contributed by atoms with van der Waals surface area (Å²) in [5.74, 6) is -0.270. The Bertz CT molecular complexity index is 354. The van der Waals surface area contributed by atoms with Crippen molar-refractivity contribution in [3.63, 3.8) is 0 Å². The molecule has 2 rings (SSSR count). The fourth-order valence-electron chi connectivity index (χ4n) is 1.03. The van der Waals surface area contributed by atoms with Crippen LogP contribution in [0.4, 0.5) is 0 Å². The number of hydrogen-bond donors (Lipinski definition) is 1. The molecule has 2 heterocycles. The molecule has 0 spiro atoms. The Hall–Kier alpha value is -1.20. The third-order valence-corrected chi connectivity index (χ3v) is 1.99. The summed E-state index contributed by atoms with van der Waals surface area (Å²) >= 11 is 5.60. The molecule has 1 aromatic rings. The van der Waals surface area contributed by atoms with Gasteiger partial charge in [0.05, 0.1) is 31.6 Å². The Morgan fingerprint density at radius 2 is 2.36 bits per heavy atom. The van der Waals surface area contributed by atoms with E-state index in [1.807, 2.05) is 0 Å². The Morgan fingerprint density at radius 3 is 2.93 bits per heavy atom. The molecule has 0 bridgehead atoms. The molecule has 0 unspecified atom stereocenters. The first-order valence-electron chi connectivity index (χ1n) is 4.12. The lowest BCUT2D eigenvalue weighted by Crippen LogP contribution is -2.48. The van der Waals surface area contributed by atoms with Gasteiger partial charge in [0.1, 0.15) is 10.8 Å². The molecule has 1 N–H and O–H groups in total. The van der Waals surface area contributed by atoms with Gasteiger partial charge >= 0.3 is 0 Å². The van der Waals surface area contributed by atoms with E-state index < -0.39 is 0 Å². The minimum atomic E-state index is -0.270. The molecule has 0 aliphatic carbocycles. The fourth-order valence-corrected chi connectivity index (χ4v) is 1.18. The first kappa shape index (κ1) is 9.36. The minimum absolute atomic E-state index is 0.0864. The molecule has 1 saturated heterocycles. The second-order valence-electron chi connectivity index (χ2n) is 2.93. The summed E-state index contributed by atoms with van der Waals surface area (Å²) in [6.07, 6.45) is 2.76. The lowest BCUT2D eigenvalue weighted by molar-refractivity contribution is -0.00355. The molecular weight excluding hydrogens is 206 g/mol. The van der Waals surface area contributed by atoms with Crippen molar-refractivity contribution < 1.29 is 9.53 Å². The van der Waals surface area contributed by atoms with Gasteiger partial charge in [-0.2, -0.15) is 0 Å². The maximum atomic E-state index is 11.5. The number of carbonyl (C=O) groups is 1. The number of rotatable bonds is 2. The van der Waals surface area contributed by atoms with E-state index in [0.29, 0.717) is 13.2 Å². The summed E-state index contributed by atoms with van der Waals surface area (Å²) in [4.78, 5) is 19.1. The molecule has 6 heteroatoms. The normalized spacial score (nSPS) is 16.1. The van der Waals surface area contributed by atoms with Gasteiger partial charge in [-0.25, -0.2) is 4.98 Å². The lowest BCUT2D eigenvalue weighted by Gasteiger charge is -2.26. The largest absolute Gasteiger partial charge is 0.377 e. The van der Waals surface area contributed by atoms with Crippen molar-refractivity contribution in [1.82, 2.24) is 15.3 Å². The van der Waals surface area contributed by atoms with Gasteiger partial charge in [0.15, 0.2) is 0 Å². The van der Waals surface area contributed by atoms with Crippen LogP contribution in [-0.2, 0) is 4.74 Å². The second-order valence-corrected chi connectivity index (χ2v) is 3.32. The first-order valence-corrected chi connectivity index (χ1v) is 4.49. The van der Waals surface area contributed by atoms with Crippen LogP contribution in [0, 0.1) is 0 Å². The highest BCUT2D eigenvalue weighted by molar-refractivity contribution is 6.29. The summed E-state index contributed by atoms with van der Waals surface area (Å²) in [5.41, 5.74) is 0.226. The minimum Gasteiger partial charge on any atom is -0.377 e. The van der Waals surface area contributed by atoms with E-state index >= 15 is 0 Å². The van der Waals surface area contributed by atoms with E-state index in [0.717, 1.165) is 0 Å². The maximum Gasteiger partial charge on any atom is 0.271 e. The maximum absolute atomic E-state index is 11.5.